The molecule has 1 amide bonds. The number of carbonyl (C=O) groups is 2. The number of amides is 1. The third kappa shape index (κ3) is 10.0. The normalized spacial score (nSPS) is 15.5. The van der Waals surface area contributed by atoms with Gasteiger partial charge in [0.1, 0.15) is 6.61 Å². The molecule has 3 atom stereocenters. The minimum atomic E-state index is -2.15. The summed E-state index contributed by atoms with van der Waals surface area (Å²) in [5.41, 5.74) is 6.21. The highest BCUT2D eigenvalue weighted by molar-refractivity contribution is 7.17. The predicted octanol–water partition coefficient (Wildman–Crippen LogP) is 2.25. The molecule has 0 aliphatic heterocycles. The van der Waals surface area contributed by atoms with Crippen molar-refractivity contribution in [3.63, 3.8) is 0 Å². The summed E-state index contributed by atoms with van der Waals surface area (Å²) in [4.78, 5) is 23.1. The van der Waals surface area contributed by atoms with Crippen LogP contribution in [0.5, 0.6) is 0 Å². The molecule has 0 radical (unpaired) electrons. The molecule has 9 nitrogen and oxygen atoms in total. The van der Waals surface area contributed by atoms with Crippen LogP contribution in [0.2, 0.25) is 0 Å². The molecule has 0 saturated carbocycles. The minimum absolute atomic E-state index is 0.0284. The highest BCUT2D eigenvalue weighted by atomic mass is 31.1. The zero-order chi connectivity index (χ0) is 20.3. The summed E-state index contributed by atoms with van der Waals surface area (Å²) < 4.78 is 19.8. The lowest BCUT2D eigenvalue weighted by molar-refractivity contribution is -0.148. The standard InChI is InChI=1S/C17H25N2O7P/c1-12(9-14(15(20)21)7-8-17(18,23)26-27-24)10-19-16(22)25-11-13-5-3-2-4-6-13/h2-6,12,14,23H,7-11,18H2,1H3,(H,19,22)(H,20,21). The number of carboxylic acid groups (broad SMARTS) is 1. The molecule has 0 heterocycles. The summed E-state index contributed by atoms with van der Waals surface area (Å²) in [5, 5.41) is 21.5. The largest absolute Gasteiger partial charge is 0.481 e. The van der Waals surface area contributed by atoms with Crippen LogP contribution >= 0.6 is 8.69 Å². The zero-order valence-electron chi connectivity index (χ0n) is 15.0. The number of ether oxygens (including phenoxy) is 1. The van der Waals surface area contributed by atoms with Gasteiger partial charge in [-0.25, -0.2) is 13.9 Å². The van der Waals surface area contributed by atoms with E-state index in [0.29, 0.717) is 0 Å². The molecular weight excluding hydrogens is 375 g/mol. The maximum absolute atomic E-state index is 11.7. The molecule has 0 aliphatic rings. The summed E-state index contributed by atoms with van der Waals surface area (Å²) in [5.74, 6) is -4.16. The lowest BCUT2D eigenvalue weighted by Crippen LogP contribution is -2.41. The number of aliphatic carboxylic acids is 1. The van der Waals surface area contributed by atoms with Crippen LogP contribution in [0.4, 0.5) is 4.79 Å². The molecule has 1 aromatic carbocycles. The van der Waals surface area contributed by atoms with Crippen molar-refractivity contribution >= 4 is 20.7 Å². The number of carboxylic acids is 1. The van der Waals surface area contributed by atoms with Gasteiger partial charge in [0.05, 0.1) is 5.92 Å². The van der Waals surface area contributed by atoms with Crippen LogP contribution in [0.25, 0.3) is 0 Å². The second-order valence-corrected chi connectivity index (χ2v) is 6.70. The van der Waals surface area contributed by atoms with Crippen molar-refractivity contribution in [2.45, 2.75) is 38.7 Å². The van der Waals surface area contributed by atoms with E-state index < -0.39 is 32.6 Å². The van der Waals surface area contributed by atoms with Crippen LogP contribution < -0.4 is 11.1 Å². The molecule has 0 aliphatic carbocycles. The molecule has 1 aromatic rings. The predicted molar refractivity (Wildman–Crippen MR) is 96.6 cm³/mol. The number of hydrogen-bond donors (Lipinski definition) is 4. The van der Waals surface area contributed by atoms with Gasteiger partial charge < -0.3 is 20.3 Å². The second kappa shape index (κ2) is 11.6. The first-order chi connectivity index (χ1) is 12.7. The van der Waals surface area contributed by atoms with Crippen molar-refractivity contribution in [2.75, 3.05) is 6.54 Å². The second-order valence-electron chi connectivity index (χ2n) is 6.37. The van der Waals surface area contributed by atoms with E-state index in [1.165, 1.54) is 0 Å². The van der Waals surface area contributed by atoms with Crippen molar-refractivity contribution in [1.82, 2.24) is 5.32 Å². The van der Waals surface area contributed by atoms with Crippen molar-refractivity contribution in [2.24, 2.45) is 17.6 Å². The van der Waals surface area contributed by atoms with Crippen molar-refractivity contribution in [1.29, 1.82) is 0 Å². The Morgan fingerprint density at radius 1 is 1.33 bits per heavy atom. The van der Waals surface area contributed by atoms with E-state index in [4.69, 9.17) is 10.5 Å². The van der Waals surface area contributed by atoms with Crippen molar-refractivity contribution in [3.05, 3.63) is 35.9 Å². The molecule has 0 spiro atoms. The van der Waals surface area contributed by atoms with E-state index in [-0.39, 0.29) is 38.3 Å². The van der Waals surface area contributed by atoms with Gasteiger partial charge >= 0.3 is 20.7 Å². The molecule has 150 valence electrons. The number of alkyl carbamates (subject to hydrolysis) is 1. The molecule has 3 unspecified atom stereocenters. The number of rotatable bonds is 12. The first-order valence-corrected chi connectivity index (χ1v) is 9.16. The topological polar surface area (TPSA) is 148 Å². The number of carbonyl (C=O) groups excluding carboxylic acids is 1. The smallest absolute Gasteiger partial charge is 0.407 e. The summed E-state index contributed by atoms with van der Waals surface area (Å²) in [6.07, 6.45) is -0.504. The van der Waals surface area contributed by atoms with Gasteiger partial charge in [-0.05, 0) is 24.3 Å². The van der Waals surface area contributed by atoms with Crippen molar-refractivity contribution in [3.8, 4) is 0 Å². The summed E-state index contributed by atoms with van der Waals surface area (Å²) in [7, 11) is -0.791. The first-order valence-electron chi connectivity index (χ1n) is 8.43. The van der Waals surface area contributed by atoms with E-state index in [0.717, 1.165) is 5.56 Å². The Morgan fingerprint density at radius 2 is 2.00 bits per heavy atom. The average Bonchev–Trinajstić information content (AvgIpc) is 2.62. The molecule has 27 heavy (non-hydrogen) atoms. The molecule has 1 rings (SSSR count). The Bertz CT molecular complexity index is 613. The van der Waals surface area contributed by atoms with Gasteiger partial charge in [0, 0.05) is 13.0 Å². The van der Waals surface area contributed by atoms with Crippen molar-refractivity contribution < 1.29 is 33.6 Å². The number of aliphatic hydroxyl groups is 1. The summed E-state index contributed by atoms with van der Waals surface area (Å²) in [6.45, 7) is 2.17. The maximum atomic E-state index is 11.7. The van der Waals surface area contributed by atoms with E-state index >= 15 is 0 Å². The Balaban J connectivity index is 2.36. The van der Waals surface area contributed by atoms with E-state index in [1.54, 1.807) is 6.92 Å². The fourth-order valence-corrected chi connectivity index (χ4v) is 2.65. The van der Waals surface area contributed by atoms with Gasteiger partial charge in [-0.2, -0.15) is 0 Å². The molecule has 0 aromatic heterocycles. The molecule has 10 heteroatoms. The average molecular weight is 400 g/mol. The molecular formula is C17H25N2O7P. The van der Waals surface area contributed by atoms with Gasteiger partial charge in [0.15, 0.2) is 0 Å². The maximum Gasteiger partial charge on any atom is 0.407 e. The number of hydrogen-bond acceptors (Lipinski definition) is 7. The SMILES string of the molecule is CC(CNC(=O)OCc1ccccc1)CC(CCC(N)(O)OP=O)C(=O)O. The van der Waals surface area contributed by atoms with Crippen LogP contribution in [0.3, 0.4) is 0 Å². The first kappa shape index (κ1) is 23.0. The van der Waals surface area contributed by atoms with Crippen LogP contribution in [-0.4, -0.2) is 34.7 Å². The highest BCUT2D eigenvalue weighted by Crippen LogP contribution is 2.22. The summed E-state index contributed by atoms with van der Waals surface area (Å²) in [6, 6.07) is 9.22. The van der Waals surface area contributed by atoms with Gasteiger partial charge in [-0.15, -0.1) is 0 Å². The Hall–Kier alpha value is -2.06. The monoisotopic (exact) mass is 400 g/mol. The lowest BCUT2D eigenvalue weighted by Gasteiger charge is -2.22. The Labute approximate surface area is 159 Å². The fraction of sp³-hybridized carbons (Fsp3) is 0.529. The van der Waals surface area contributed by atoms with E-state index in [1.807, 2.05) is 30.3 Å². The third-order valence-corrected chi connectivity index (χ3v) is 4.28. The van der Waals surface area contributed by atoms with E-state index in [9.17, 15) is 24.4 Å². The molecule has 5 N–H and O–H groups in total. The molecule has 0 saturated heterocycles. The fourth-order valence-electron chi connectivity index (χ4n) is 2.43. The van der Waals surface area contributed by atoms with Gasteiger partial charge in [0.25, 0.3) is 0 Å². The number of nitrogens with one attached hydrogen (secondary N) is 1. The molecule has 0 bridgehead atoms. The minimum Gasteiger partial charge on any atom is -0.481 e. The van der Waals surface area contributed by atoms with Gasteiger partial charge in [-0.1, -0.05) is 37.3 Å². The Morgan fingerprint density at radius 3 is 2.59 bits per heavy atom. The highest BCUT2D eigenvalue weighted by Gasteiger charge is 2.28. The van der Waals surface area contributed by atoms with Crippen LogP contribution in [-0.2, 0) is 25.2 Å². The summed E-state index contributed by atoms with van der Waals surface area (Å²) >= 11 is 0. The quantitative estimate of drug-likeness (QED) is 0.308. The third-order valence-electron chi connectivity index (χ3n) is 3.89. The number of nitrogens with two attached hydrogens (primary N) is 1. The molecule has 0 fully saturated rings. The Kier molecular flexibility index (Phi) is 9.88. The van der Waals surface area contributed by atoms with Gasteiger partial charge in [-0.3, -0.25) is 10.5 Å². The van der Waals surface area contributed by atoms with Crippen LogP contribution in [0.1, 0.15) is 31.7 Å². The number of benzene rings is 1. The van der Waals surface area contributed by atoms with Crippen LogP contribution in [0, 0.1) is 11.8 Å². The van der Waals surface area contributed by atoms with Crippen LogP contribution in [0.15, 0.2) is 30.3 Å². The lowest BCUT2D eigenvalue weighted by atomic mass is 9.91. The zero-order valence-corrected chi connectivity index (χ0v) is 15.9. The van der Waals surface area contributed by atoms with E-state index in [2.05, 4.69) is 9.84 Å². The van der Waals surface area contributed by atoms with Gasteiger partial charge in [0.2, 0.25) is 5.91 Å².